The molecule has 0 bridgehead atoms. The van der Waals surface area contributed by atoms with Gasteiger partial charge in [-0.2, -0.15) is 0 Å². The van der Waals surface area contributed by atoms with Crippen molar-refractivity contribution in [3.8, 4) is 0 Å². The van der Waals surface area contributed by atoms with Gasteiger partial charge in [-0.25, -0.2) is 0 Å². The Morgan fingerprint density at radius 2 is 1.75 bits per heavy atom. The van der Waals surface area contributed by atoms with E-state index >= 15 is 0 Å². The summed E-state index contributed by atoms with van der Waals surface area (Å²) in [5.74, 6) is 0. The van der Waals surface area contributed by atoms with Crippen molar-refractivity contribution in [3.05, 3.63) is 29.8 Å². The summed E-state index contributed by atoms with van der Waals surface area (Å²) in [4.78, 5) is 2.11. The Hall–Kier alpha value is -1.06. The van der Waals surface area contributed by atoms with Crippen LogP contribution in [-0.2, 0) is 6.54 Å². The van der Waals surface area contributed by atoms with Crippen LogP contribution in [0.3, 0.4) is 0 Å². The highest BCUT2D eigenvalue weighted by Gasteiger charge is 1.95. The van der Waals surface area contributed by atoms with Crippen molar-refractivity contribution < 1.29 is 0 Å². The molecule has 0 aromatic heterocycles. The zero-order valence-electron chi connectivity index (χ0n) is 10.6. The maximum Gasteiger partial charge on any atom is 0.0361 e. The van der Waals surface area contributed by atoms with Crippen LogP contribution in [0.25, 0.3) is 0 Å². The van der Waals surface area contributed by atoms with E-state index in [0.717, 1.165) is 13.1 Å². The van der Waals surface area contributed by atoms with Gasteiger partial charge in [-0.15, -0.1) is 0 Å². The van der Waals surface area contributed by atoms with E-state index in [1.807, 2.05) is 0 Å². The standard InChI is InChI=1S/C13H23N3/c1-4-5-10-14-15-11-12-6-8-13(9-7-12)16(2)3/h6-9,14-15H,4-5,10-11H2,1-3H3. The van der Waals surface area contributed by atoms with E-state index in [1.54, 1.807) is 0 Å². The Labute approximate surface area is 98.8 Å². The lowest BCUT2D eigenvalue weighted by Crippen LogP contribution is -2.31. The molecule has 0 radical (unpaired) electrons. The molecule has 0 atom stereocenters. The molecule has 0 saturated carbocycles. The molecule has 16 heavy (non-hydrogen) atoms. The van der Waals surface area contributed by atoms with Gasteiger partial charge in [0.25, 0.3) is 0 Å². The molecule has 2 N–H and O–H groups in total. The maximum absolute atomic E-state index is 3.22. The molecule has 3 heteroatoms. The predicted octanol–water partition coefficient (Wildman–Crippen LogP) is 2.15. The molecule has 0 heterocycles. The van der Waals surface area contributed by atoms with E-state index in [4.69, 9.17) is 0 Å². The summed E-state index contributed by atoms with van der Waals surface area (Å²) >= 11 is 0. The van der Waals surface area contributed by atoms with Crippen molar-refractivity contribution in [2.24, 2.45) is 0 Å². The Balaban J connectivity index is 2.27. The normalized spacial score (nSPS) is 10.4. The first-order chi connectivity index (χ1) is 7.74. The molecule has 3 nitrogen and oxygen atoms in total. The summed E-state index contributed by atoms with van der Waals surface area (Å²) in [6, 6.07) is 8.60. The highest BCUT2D eigenvalue weighted by molar-refractivity contribution is 5.45. The van der Waals surface area contributed by atoms with Gasteiger partial charge in [0.2, 0.25) is 0 Å². The first-order valence-electron chi connectivity index (χ1n) is 5.96. The second kappa shape index (κ2) is 7.25. The van der Waals surface area contributed by atoms with Crippen molar-refractivity contribution in [1.29, 1.82) is 0 Å². The summed E-state index contributed by atoms with van der Waals surface area (Å²) in [6.07, 6.45) is 2.44. The highest BCUT2D eigenvalue weighted by Crippen LogP contribution is 2.11. The van der Waals surface area contributed by atoms with Gasteiger partial charge in [0.15, 0.2) is 0 Å². The third kappa shape index (κ3) is 4.64. The quantitative estimate of drug-likeness (QED) is 0.546. The largest absolute Gasteiger partial charge is 0.378 e. The van der Waals surface area contributed by atoms with E-state index in [0.29, 0.717) is 0 Å². The molecule has 0 saturated heterocycles. The predicted molar refractivity (Wildman–Crippen MR) is 70.5 cm³/mol. The van der Waals surface area contributed by atoms with Crippen LogP contribution in [0.1, 0.15) is 25.3 Å². The second-order valence-corrected chi connectivity index (χ2v) is 4.19. The van der Waals surface area contributed by atoms with Crippen LogP contribution in [0.15, 0.2) is 24.3 Å². The van der Waals surface area contributed by atoms with Crippen LogP contribution in [0, 0.1) is 0 Å². The number of unbranched alkanes of at least 4 members (excludes halogenated alkanes) is 1. The van der Waals surface area contributed by atoms with Gasteiger partial charge in [0, 0.05) is 32.9 Å². The number of hydrazine groups is 1. The number of rotatable bonds is 7. The average Bonchev–Trinajstić information content (AvgIpc) is 2.29. The van der Waals surface area contributed by atoms with Crippen LogP contribution in [0.2, 0.25) is 0 Å². The molecule has 0 aliphatic heterocycles. The van der Waals surface area contributed by atoms with Gasteiger partial charge >= 0.3 is 0 Å². The van der Waals surface area contributed by atoms with Crippen LogP contribution in [0.5, 0.6) is 0 Å². The number of benzene rings is 1. The third-order valence-corrected chi connectivity index (χ3v) is 2.53. The van der Waals surface area contributed by atoms with Gasteiger partial charge in [0.05, 0.1) is 0 Å². The zero-order valence-corrected chi connectivity index (χ0v) is 10.6. The van der Waals surface area contributed by atoms with Crippen molar-refractivity contribution in [3.63, 3.8) is 0 Å². The monoisotopic (exact) mass is 221 g/mol. The van der Waals surface area contributed by atoms with Crippen LogP contribution in [0.4, 0.5) is 5.69 Å². The molecular formula is C13H23N3. The maximum atomic E-state index is 3.22. The van der Waals surface area contributed by atoms with E-state index in [1.165, 1.54) is 24.1 Å². The number of nitrogens with zero attached hydrogens (tertiary/aromatic N) is 1. The Bertz CT molecular complexity index is 280. The minimum Gasteiger partial charge on any atom is -0.378 e. The van der Waals surface area contributed by atoms with Gasteiger partial charge in [-0.05, 0) is 24.1 Å². The SMILES string of the molecule is CCCCNNCc1ccc(N(C)C)cc1. The molecule has 1 aromatic rings. The molecule has 1 rings (SSSR count). The molecule has 90 valence electrons. The summed E-state index contributed by atoms with van der Waals surface area (Å²) in [5, 5.41) is 0. The van der Waals surface area contributed by atoms with Gasteiger partial charge in [0.1, 0.15) is 0 Å². The lowest BCUT2D eigenvalue weighted by atomic mass is 10.2. The first-order valence-corrected chi connectivity index (χ1v) is 5.96. The fraction of sp³-hybridized carbons (Fsp3) is 0.538. The lowest BCUT2D eigenvalue weighted by Gasteiger charge is -2.13. The summed E-state index contributed by atoms with van der Waals surface area (Å²) in [6.45, 7) is 4.10. The molecule has 0 aliphatic carbocycles. The number of hydrogen-bond donors (Lipinski definition) is 2. The molecular weight excluding hydrogens is 198 g/mol. The molecule has 0 amide bonds. The number of hydrogen-bond acceptors (Lipinski definition) is 3. The van der Waals surface area contributed by atoms with Crippen LogP contribution >= 0.6 is 0 Å². The Kier molecular flexibility index (Phi) is 5.90. The second-order valence-electron chi connectivity index (χ2n) is 4.19. The lowest BCUT2D eigenvalue weighted by molar-refractivity contribution is 0.516. The number of anilines is 1. The van der Waals surface area contributed by atoms with E-state index in [-0.39, 0.29) is 0 Å². The summed E-state index contributed by atoms with van der Waals surface area (Å²) in [7, 11) is 4.11. The average molecular weight is 221 g/mol. The molecule has 1 aromatic carbocycles. The van der Waals surface area contributed by atoms with Crippen LogP contribution < -0.4 is 15.8 Å². The minimum absolute atomic E-state index is 0.872. The van der Waals surface area contributed by atoms with Crippen molar-refractivity contribution in [2.45, 2.75) is 26.3 Å². The Morgan fingerprint density at radius 3 is 2.31 bits per heavy atom. The van der Waals surface area contributed by atoms with E-state index in [2.05, 4.69) is 61.0 Å². The van der Waals surface area contributed by atoms with Gasteiger partial charge < -0.3 is 4.90 Å². The van der Waals surface area contributed by atoms with Gasteiger partial charge in [-0.1, -0.05) is 25.5 Å². The topological polar surface area (TPSA) is 27.3 Å². The summed E-state index contributed by atoms with van der Waals surface area (Å²) in [5.41, 5.74) is 8.97. The van der Waals surface area contributed by atoms with Gasteiger partial charge in [-0.3, -0.25) is 10.9 Å². The van der Waals surface area contributed by atoms with E-state index in [9.17, 15) is 0 Å². The van der Waals surface area contributed by atoms with Crippen LogP contribution in [-0.4, -0.2) is 20.6 Å². The molecule has 0 aliphatic rings. The van der Waals surface area contributed by atoms with Crippen molar-refractivity contribution in [1.82, 2.24) is 10.9 Å². The smallest absolute Gasteiger partial charge is 0.0361 e. The third-order valence-electron chi connectivity index (χ3n) is 2.53. The molecule has 0 spiro atoms. The van der Waals surface area contributed by atoms with E-state index < -0.39 is 0 Å². The fourth-order valence-electron chi connectivity index (χ4n) is 1.43. The first kappa shape index (κ1) is 13.0. The molecule has 0 fully saturated rings. The van der Waals surface area contributed by atoms with Crippen molar-refractivity contribution >= 4 is 5.69 Å². The summed E-state index contributed by atoms with van der Waals surface area (Å²) < 4.78 is 0. The highest BCUT2D eigenvalue weighted by atomic mass is 15.3. The Morgan fingerprint density at radius 1 is 1.06 bits per heavy atom. The fourth-order valence-corrected chi connectivity index (χ4v) is 1.43. The minimum atomic E-state index is 0.872. The number of nitrogens with one attached hydrogen (secondary N) is 2. The van der Waals surface area contributed by atoms with Crippen molar-refractivity contribution in [2.75, 3.05) is 25.5 Å². The molecule has 0 unspecified atom stereocenters. The zero-order chi connectivity index (χ0) is 11.8.